The van der Waals surface area contributed by atoms with Crippen LogP contribution < -0.4 is 14.2 Å². The molecule has 0 atom stereocenters. The van der Waals surface area contributed by atoms with Crippen LogP contribution in [0.2, 0.25) is 0 Å². The molecule has 0 aliphatic carbocycles. The predicted octanol–water partition coefficient (Wildman–Crippen LogP) is 3.97. The Morgan fingerprint density at radius 2 is 1.48 bits per heavy atom. The molecule has 5 nitrogen and oxygen atoms in total. The molecule has 1 heterocycles. The highest BCUT2D eigenvalue weighted by Crippen LogP contribution is 2.39. The Morgan fingerprint density at radius 1 is 0.880 bits per heavy atom. The van der Waals surface area contributed by atoms with Crippen molar-refractivity contribution in [3.8, 4) is 17.2 Å². The van der Waals surface area contributed by atoms with Crippen molar-refractivity contribution in [2.24, 2.45) is 0 Å². The molecule has 0 N–H and O–H groups in total. The van der Waals surface area contributed by atoms with Crippen molar-refractivity contribution in [1.29, 1.82) is 0 Å². The van der Waals surface area contributed by atoms with Crippen LogP contribution in [0.25, 0.3) is 11.0 Å². The molecule has 0 unspecified atom stereocenters. The van der Waals surface area contributed by atoms with Crippen LogP contribution in [0, 0.1) is 0 Å². The number of para-hydroxylation sites is 2. The van der Waals surface area contributed by atoms with E-state index in [-0.39, 0.29) is 0 Å². The van der Waals surface area contributed by atoms with E-state index in [1.165, 1.54) is 0 Å². The topological polar surface area (TPSA) is 53.5 Å². The van der Waals surface area contributed by atoms with Gasteiger partial charge >= 0.3 is 0 Å². The van der Waals surface area contributed by atoms with Crippen LogP contribution in [0.1, 0.15) is 11.3 Å². The van der Waals surface area contributed by atoms with Crippen molar-refractivity contribution in [3.63, 3.8) is 0 Å². The van der Waals surface area contributed by atoms with E-state index in [2.05, 4.69) is 0 Å². The highest BCUT2D eigenvalue weighted by atomic mass is 32.2. The zero-order valence-corrected chi connectivity index (χ0v) is 15.5. The maximum Gasteiger partial charge on any atom is 0.203 e. The average Bonchev–Trinajstić information content (AvgIpc) is 2.66. The summed E-state index contributed by atoms with van der Waals surface area (Å²) in [6.07, 6.45) is 2.64. The summed E-state index contributed by atoms with van der Waals surface area (Å²) in [6.45, 7) is 0. The van der Waals surface area contributed by atoms with E-state index in [4.69, 9.17) is 24.2 Å². The molecule has 0 bridgehead atoms. The molecular formula is C19H20N2O3S. The number of methoxy groups -OCH3 is 3. The Morgan fingerprint density at radius 3 is 2.00 bits per heavy atom. The van der Waals surface area contributed by atoms with E-state index in [1.807, 2.05) is 42.7 Å². The summed E-state index contributed by atoms with van der Waals surface area (Å²) in [6, 6.07) is 11.8. The van der Waals surface area contributed by atoms with Crippen LogP contribution in [0.5, 0.6) is 17.2 Å². The normalized spacial score (nSPS) is 10.7. The second kappa shape index (κ2) is 7.61. The van der Waals surface area contributed by atoms with Crippen molar-refractivity contribution in [1.82, 2.24) is 9.97 Å². The quantitative estimate of drug-likeness (QED) is 0.623. The largest absolute Gasteiger partial charge is 0.493 e. The summed E-state index contributed by atoms with van der Waals surface area (Å²) in [4.78, 5) is 9.52. The number of rotatable bonds is 6. The fourth-order valence-electron chi connectivity index (χ4n) is 2.73. The predicted molar refractivity (Wildman–Crippen MR) is 100 cm³/mol. The summed E-state index contributed by atoms with van der Waals surface area (Å²) in [5, 5.41) is 0.924. The van der Waals surface area contributed by atoms with Gasteiger partial charge < -0.3 is 14.2 Å². The van der Waals surface area contributed by atoms with Crippen molar-refractivity contribution in [2.75, 3.05) is 27.6 Å². The number of nitrogens with zero attached hydrogens (tertiary/aromatic N) is 2. The summed E-state index contributed by atoms with van der Waals surface area (Å²) >= 11 is 1.60. The lowest BCUT2D eigenvalue weighted by molar-refractivity contribution is 0.324. The molecule has 1 aromatic heterocycles. The lowest BCUT2D eigenvalue weighted by atomic mass is 10.1. The molecular weight excluding hydrogens is 336 g/mol. The van der Waals surface area contributed by atoms with Crippen molar-refractivity contribution >= 4 is 22.8 Å². The smallest absolute Gasteiger partial charge is 0.203 e. The van der Waals surface area contributed by atoms with Gasteiger partial charge in [0.1, 0.15) is 5.03 Å². The molecule has 0 aliphatic rings. The van der Waals surface area contributed by atoms with E-state index < -0.39 is 0 Å². The third-order valence-electron chi connectivity index (χ3n) is 3.90. The van der Waals surface area contributed by atoms with Crippen LogP contribution in [-0.2, 0) is 6.42 Å². The Hall–Kier alpha value is -2.47. The van der Waals surface area contributed by atoms with Gasteiger partial charge in [-0.1, -0.05) is 12.1 Å². The fraction of sp³-hybridized carbons (Fsp3) is 0.263. The number of aromatic nitrogens is 2. The molecule has 0 saturated carbocycles. The molecule has 0 amide bonds. The van der Waals surface area contributed by atoms with Crippen LogP contribution in [0.15, 0.2) is 41.4 Å². The highest BCUT2D eigenvalue weighted by molar-refractivity contribution is 7.98. The molecule has 0 spiro atoms. The SMILES string of the molecule is COc1cc(Cc2nc3ccccc3nc2SC)cc(OC)c1OC. The molecule has 25 heavy (non-hydrogen) atoms. The van der Waals surface area contributed by atoms with Gasteiger partial charge in [0.05, 0.1) is 38.1 Å². The maximum absolute atomic E-state index is 5.44. The molecule has 130 valence electrons. The molecule has 3 aromatic rings. The third-order valence-corrected chi connectivity index (χ3v) is 4.61. The molecule has 3 rings (SSSR count). The Labute approximate surface area is 151 Å². The number of hydrogen-bond donors (Lipinski definition) is 0. The van der Waals surface area contributed by atoms with E-state index >= 15 is 0 Å². The summed E-state index contributed by atoms with van der Waals surface area (Å²) in [5.41, 5.74) is 3.75. The third kappa shape index (κ3) is 3.49. The minimum Gasteiger partial charge on any atom is -0.493 e. The first-order valence-corrected chi connectivity index (χ1v) is 9.01. The van der Waals surface area contributed by atoms with Crippen LogP contribution in [-0.4, -0.2) is 37.6 Å². The lowest BCUT2D eigenvalue weighted by Gasteiger charge is -2.14. The van der Waals surface area contributed by atoms with Gasteiger partial charge in [0, 0.05) is 6.42 Å². The van der Waals surface area contributed by atoms with Gasteiger partial charge in [-0.05, 0) is 36.1 Å². The van der Waals surface area contributed by atoms with Gasteiger partial charge in [0.2, 0.25) is 5.75 Å². The molecule has 2 aromatic carbocycles. The first kappa shape index (κ1) is 17.4. The van der Waals surface area contributed by atoms with Gasteiger partial charge in [-0.25, -0.2) is 9.97 Å². The number of fused-ring (bicyclic) bond motifs is 1. The van der Waals surface area contributed by atoms with Gasteiger partial charge in [-0.15, -0.1) is 11.8 Å². The Balaban J connectivity index is 2.06. The van der Waals surface area contributed by atoms with Crippen molar-refractivity contribution < 1.29 is 14.2 Å². The molecule has 0 fully saturated rings. The van der Waals surface area contributed by atoms with Gasteiger partial charge in [0.25, 0.3) is 0 Å². The fourth-order valence-corrected chi connectivity index (χ4v) is 3.27. The summed E-state index contributed by atoms with van der Waals surface area (Å²) < 4.78 is 16.3. The molecule has 0 saturated heterocycles. The lowest BCUT2D eigenvalue weighted by Crippen LogP contribution is -2.01. The van der Waals surface area contributed by atoms with E-state index in [1.54, 1.807) is 33.1 Å². The standard InChI is InChI=1S/C19H20N2O3S/c1-22-16-10-12(11-17(23-2)18(16)24-3)9-15-19(25-4)21-14-8-6-5-7-13(14)20-15/h5-8,10-11H,9H2,1-4H3. The minimum atomic E-state index is 0.587. The first-order valence-electron chi connectivity index (χ1n) is 7.78. The molecule has 0 radical (unpaired) electrons. The summed E-state index contributed by atoms with van der Waals surface area (Å²) in [7, 11) is 4.83. The zero-order chi connectivity index (χ0) is 17.8. The minimum absolute atomic E-state index is 0.587. The second-order valence-corrected chi connectivity index (χ2v) is 6.17. The summed E-state index contributed by atoms with van der Waals surface area (Å²) in [5.74, 6) is 1.86. The monoisotopic (exact) mass is 356 g/mol. The van der Waals surface area contributed by atoms with Gasteiger partial charge in [-0.3, -0.25) is 0 Å². The van der Waals surface area contributed by atoms with Crippen molar-refractivity contribution in [2.45, 2.75) is 11.4 Å². The zero-order valence-electron chi connectivity index (χ0n) is 14.7. The van der Waals surface area contributed by atoms with Crippen LogP contribution >= 0.6 is 11.8 Å². The van der Waals surface area contributed by atoms with Gasteiger partial charge in [0.15, 0.2) is 11.5 Å². The maximum atomic E-state index is 5.44. The first-order chi connectivity index (χ1) is 12.2. The second-order valence-electron chi connectivity index (χ2n) is 5.38. The number of thioether (sulfide) groups is 1. The van der Waals surface area contributed by atoms with E-state index in [0.717, 1.165) is 27.3 Å². The van der Waals surface area contributed by atoms with Crippen molar-refractivity contribution in [3.05, 3.63) is 47.7 Å². The van der Waals surface area contributed by atoms with Crippen LogP contribution in [0.3, 0.4) is 0 Å². The Bertz CT molecular complexity index is 874. The van der Waals surface area contributed by atoms with E-state index in [0.29, 0.717) is 23.7 Å². The number of benzene rings is 2. The van der Waals surface area contributed by atoms with Crippen LogP contribution in [0.4, 0.5) is 0 Å². The number of hydrogen-bond acceptors (Lipinski definition) is 6. The highest BCUT2D eigenvalue weighted by Gasteiger charge is 2.15. The van der Waals surface area contributed by atoms with Gasteiger partial charge in [-0.2, -0.15) is 0 Å². The Kier molecular flexibility index (Phi) is 5.28. The van der Waals surface area contributed by atoms with E-state index in [9.17, 15) is 0 Å². The molecule has 0 aliphatic heterocycles. The molecule has 6 heteroatoms. The number of ether oxygens (including phenoxy) is 3. The average molecular weight is 356 g/mol.